The predicted octanol–water partition coefficient (Wildman–Crippen LogP) is 5.35. The Labute approximate surface area is 165 Å². The molecule has 9 heteroatoms. The number of carbonyl (C=O) groups excluding carboxylic acids is 1. The van der Waals surface area contributed by atoms with Gasteiger partial charge in [0.05, 0.1) is 20.8 Å². The molecule has 1 aromatic heterocycles. The summed E-state index contributed by atoms with van der Waals surface area (Å²) >= 11 is 23.7. The van der Waals surface area contributed by atoms with E-state index >= 15 is 0 Å². The van der Waals surface area contributed by atoms with Crippen molar-refractivity contribution in [2.45, 2.75) is 6.92 Å². The highest BCUT2D eigenvalue weighted by atomic mass is 79.9. The molecule has 4 nitrogen and oxygen atoms in total. The lowest BCUT2D eigenvalue weighted by Crippen LogP contribution is -2.34. The minimum atomic E-state index is -0.436. The number of thiocarbonyl (C=S) groups is 1. The van der Waals surface area contributed by atoms with Crippen molar-refractivity contribution in [3.63, 3.8) is 0 Å². The van der Waals surface area contributed by atoms with E-state index in [1.54, 1.807) is 6.07 Å². The number of benzene rings is 1. The minimum Gasteiger partial charge on any atom is -0.316 e. The van der Waals surface area contributed by atoms with Crippen molar-refractivity contribution in [1.82, 2.24) is 10.3 Å². The molecule has 0 saturated carbocycles. The van der Waals surface area contributed by atoms with E-state index in [-0.39, 0.29) is 15.7 Å². The summed E-state index contributed by atoms with van der Waals surface area (Å²) in [4.78, 5) is 16.5. The normalized spacial score (nSPS) is 10.3. The average Bonchev–Trinajstić information content (AvgIpc) is 2.44. The van der Waals surface area contributed by atoms with Crippen LogP contribution in [0.25, 0.3) is 0 Å². The fourth-order valence-electron chi connectivity index (χ4n) is 1.63. The largest absolute Gasteiger partial charge is 0.316 e. The molecule has 0 unspecified atom stereocenters. The van der Waals surface area contributed by atoms with Gasteiger partial charge in [-0.05, 0) is 75.3 Å². The first-order valence-electron chi connectivity index (χ1n) is 6.18. The number of aryl methyl sites for hydroxylation is 1. The second-order valence-corrected chi connectivity index (χ2v) is 7.38. The molecule has 23 heavy (non-hydrogen) atoms. The van der Waals surface area contributed by atoms with Crippen molar-refractivity contribution >= 4 is 84.1 Å². The minimum absolute atomic E-state index is 0.107. The van der Waals surface area contributed by atoms with E-state index < -0.39 is 5.91 Å². The van der Waals surface area contributed by atoms with Gasteiger partial charge in [0.15, 0.2) is 5.11 Å². The van der Waals surface area contributed by atoms with Crippen LogP contribution in [0.4, 0.5) is 5.82 Å². The fourth-order valence-corrected chi connectivity index (χ4v) is 3.35. The topological polar surface area (TPSA) is 54.0 Å². The molecule has 0 atom stereocenters. The van der Waals surface area contributed by atoms with Gasteiger partial charge in [-0.1, -0.05) is 23.2 Å². The lowest BCUT2D eigenvalue weighted by atomic mass is 10.2. The van der Waals surface area contributed by atoms with Gasteiger partial charge in [0.25, 0.3) is 5.91 Å². The average molecular weight is 498 g/mol. The number of amides is 1. The van der Waals surface area contributed by atoms with Crippen LogP contribution in [0.5, 0.6) is 0 Å². The van der Waals surface area contributed by atoms with E-state index in [1.165, 1.54) is 12.1 Å². The smallest absolute Gasteiger partial charge is 0.258 e. The Morgan fingerprint density at radius 3 is 2.57 bits per heavy atom. The van der Waals surface area contributed by atoms with Crippen LogP contribution in [0.3, 0.4) is 0 Å². The molecule has 1 aromatic carbocycles. The number of carbonyl (C=O) groups is 1. The standard InChI is InChI=1S/C14H9Br2Cl2N3OS/c1-6-9(15)5-10(16)12(19-6)20-14(23)21-13(22)8-3-2-7(17)4-11(8)18/h2-5H,1H3,(H2,19,20,21,22,23). The summed E-state index contributed by atoms with van der Waals surface area (Å²) < 4.78 is 1.56. The van der Waals surface area contributed by atoms with Gasteiger partial charge < -0.3 is 5.32 Å². The molecule has 0 aliphatic rings. The maximum atomic E-state index is 12.2. The van der Waals surface area contributed by atoms with Crippen molar-refractivity contribution in [3.05, 3.63) is 54.5 Å². The summed E-state index contributed by atoms with van der Waals surface area (Å²) in [6.45, 7) is 1.84. The van der Waals surface area contributed by atoms with Gasteiger partial charge in [-0.15, -0.1) is 0 Å². The first kappa shape index (κ1) is 18.6. The third-order valence-corrected chi connectivity index (χ3v) is 4.90. The maximum Gasteiger partial charge on any atom is 0.258 e. The number of rotatable bonds is 2. The van der Waals surface area contributed by atoms with Gasteiger partial charge in [0.1, 0.15) is 5.82 Å². The lowest BCUT2D eigenvalue weighted by Gasteiger charge is -2.12. The summed E-state index contributed by atoms with van der Waals surface area (Å²) in [6, 6.07) is 6.44. The van der Waals surface area contributed by atoms with Gasteiger partial charge in [-0.25, -0.2) is 4.98 Å². The van der Waals surface area contributed by atoms with Crippen LogP contribution >= 0.6 is 67.3 Å². The zero-order valence-corrected chi connectivity index (χ0v) is 17.1. The van der Waals surface area contributed by atoms with Crippen LogP contribution in [0, 0.1) is 6.92 Å². The molecule has 2 aromatic rings. The Morgan fingerprint density at radius 2 is 1.91 bits per heavy atom. The van der Waals surface area contributed by atoms with E-state index in [0.717, 1.165) is 10.2 Å². The maximum absolute atomic E-state index is 12.2. The van der Waals surface area contributed by atoms with Crippen LogP contribution < -0.4 is 10.6 Å². The zero-order valence-electron chi connectivity index (χ0n) is 11.6. The van der Waals surface area contributed by atoms with E-state index in [4.69, 9.17) is 35.4 Å². The molecule has 0 saturated heterocycles. The van der Waals surface area contributed by atoms with E-state index in [0.29, 0.717) is 15.3 Å². The molecule has 0 aliphatic heterocycles. The molecule has 0 fully saturated rings. The number of halogens is 4. The van der Waals surface area contributed by atoms with Crippen LogP contribution in [0.1, 0.15) is 16.1 Å². The van der Waals surface area contributed by atoms with E-state index in [2.05, 4.69) is 47.5 Å². The molecule has 0 aliphatic carbocycles. The highest BCUT2D eigenvalue weighted by molar-refractivity contribution is 9.11. The molecular formula is C14H9Br2Cl2N3OS. The number of pyridine rings is 1. The molecule has 1 amide bonds. The summed E-state index contributed by atoms with van der Waals surface area (Å²) in [7, 11) is 0. The SMILES string of the molecule is Cc1nc(NC(=S)NC(=O)c2ccc(Cl)cc2Cl)c(Br)cc1Br. The predicted molar refractivity (Wildman–Crippen MR) is 105 cm³/mol. The summed E-state index contributed by atoms with van der Waals surface area (Å²) in [6.07, 6.45) is 0. The van der Waals surface area contributed by atoms with Crippen LogP contribution in [0.15, 0.2) is 33.2 Å². The molecular weight excluding hydrogens is 489 g/mol. The quantitative estimate of drug-likeness (QED) is 0.549. The Bertz CT molecular complexity index is 802. The molecule has 0 radical (unpaired) electrons. The number of hydrogen-bond donors (Lipinski definition) is 2. The monoisotopic (exact) mass is 495 g/mol. The molecule has 0 spiro atoms. The number of aromatic nitrogens is 1. The Kier molecular flexibility index (Phi) is 6.39. The Balaban J connectivity index is 2.10. The fraction of sp³-hybridized carbons (Fsp3) is 0.0714. The number of anilines is 1. The van der Waals surface area contributed by atoms with Crippen molar-refractivity contribution in [1.29, 1.82) is 0 Å². The second-order valence-electron chi connectivity index (χ2n) is 4.42. The van der Waals surface area contributed by atoms with Crippen molar-refractivity contribution < 1.29 is 4.79 Å². The van der Waals surface area contributed by atoms with E-state index in [9.17, 15) is 4.79 Å². The van der Waals surface area contributed by atoms with Gasteiger partial charge in [0.2, 0.25) is 0 Å². The number of nitrogens with one attached hydrogen (secondary N) is 2. The second kappa shape index (κ2) is 7.90. The van der Waals surface area contributed by atoms with Gasteiger partial charge >= 0.3 is 0 Å². The summed E-state index contributed by atoms with van der Waals surface area (Å²) in [5.74, 6) is 0.0623. The zero-order chi connectivity index (χ0) is 17.1. The number of nitrogens with zero attached hydrogens (tertiary/aromatic N) is 1. The summed E-state index contributed by atoms with van der Waals surface area (Å²) in [5, 5.41) is 6.21. The number of hydrogen-bond acceptors (Lipinski definition) is 3. The Hall–Kier alpha value is -0.730. The molecule has 0 bridgehead atoms. The first-order valence-corrected chi connectivity index (χ1v) is 8.93. The van der Waals surface area contributed by atoms with Crippen LogP contribution in [-0.2, 0) is 0 Å². The molecule has 120 valence electrons. The van der Waals surface area contributed by atoms with Crippen molar-refractivity contribution in [2.24, 2.45) is 0 Å². The third-order valence-electron chi connectivity index (χ3n) is 2.74. The first-order chi connectivity index (χ1) is 10.8. The molecule has 2 N–H and O–H groups in total. The molecule has 1 heterocycles. The van der Waals surface area contributed by atoms with Gasteiger partial charge in [-0.3, -0.25) is 10.1 Å². The van der Waals surface area contributed by atoms with Crippen molar-refractivity contribution in [3.8, 4) is 0 Å². The van der Waals surface area contributed by atoms with E-state index in [1.807, 2.05) is 13.0 Å². The van der Waals surface area contributed by atoms with Crippen molar-refractivity contribution in [2.75, 3.05) is 5.32 Å². The highest BCUT2D eigenvalue weighted by Gasteiger charge is 2.14. The van der Waals surface area contributed by atoms with Gasteiger partial charge in [0, 0.05) is 9.50 Å². The lowest BCUT2D eigenvalue weighted by molar-refractivity contribution is 0.0978. The van der Waals surface area contributed by atoms with Crippen LogP contribution in [0.2, 0.25) is 10.0 Å². The van der Waals surface area contributed by atoms with Crippen LogP contribution in [-0.4, -0.2) is 16.0 Å². The Morgan fingerprint density at radius 1 is 1.22 bits per heavy atom. The third kappa shape index (κ3) is 4.87. The van der Waals surface area contributed by atoms with Gasteiger partial charge in [-0.2, -0.15) is 0 Å². The molecule has 2 rings (SSSR count). The highest BCUT2D eigenvalue weighted by Crippen LogP contribution is 2.26. The summed E-state index contributed by atoms with van der Waals surface area (Å²) in [5.41, 5.74) is 1.06.